The smallest absolute Gasteiger partial charge is 0.379 e. The number of hydrogen-bond acceptors (Lipinski definition) is 8. The Morgan fingerprint density at radius 2 is 1.97 bits per heavy atom. The van der Waals surface area contributed by atoms with Gasteiger partial charge in [-0.3, -0.25) is 9.59 Å². The van der Waals surface area contributed by atoms with Crippen LogP contribution in [0.4, 0.5) is 24.8 Å². The molecule has 1 amide bonds. The number of carbonyl (C=O) groups excluding carboxylic acids is 1. The van der Waals surface area contributed by atoms with Gasteiger partial charge in [0.2, 0.25) is 11.9 Å². The molecule has 194 valence electrons. The zero-order chi connectivity index (χ0) is 25.4. The van der Waals surface area contributed by atoms with Crippen LogP contribution >= 0.6 is 0 Å². The molecule has 3 fully saturated rings. The number of amides is 1. The lowest BCUT2D eigenvalue weighted by molar-refractivity contribution is -0.138. The molecule has 13 heteroatoms. The van der Waals surface area contributed by atoms with Crippen LogP contribution in [0.25, 0.3) is 0 Å². The molecule has 10 nitrogen and oxygen atoms in total. The maximum atomic E-state index is 13.2. The number of nitrogens with zero attached hydrogens (tertiary/aromatic N) is 5. The average Bonchev–Trinajstić information content (AvgIpc) is 3.49. The fraction of sp³-hybridized carbons (Fsp3) is 0.609. The average molecular weight is 508 g/mol. The molecular formula is C23H28F3N7O3. The van der Waals surface area contributed by atoms with Crippen LogP contribution in [0.1, 0.15) is 49.7 Å². The van der Waals surface area contributed by atoms with Gasteiger partial charge in [-0.05, 0) is 37.7 Å². The van der Waals surface area contributed by atoms with Crippen LogP contribution in [-0.4, -0.2) is 75.4 Å². The van der Waals surface area contributed by atoms with Gasteiger partial charge in [0.05, 0.1) is 43.6 Å². The van der Waals surface area contributed by atoms with Crippen LogP contribution in [-0.2, 0) is 15.7 Å². The second-order valence-electron chi connectivity index (χ2n) is 9.69. The van der Waals surface area contributed by atoms with Crippen molar-refractivity contribution in [2.24, 2.45) is 0 Å². The molecule has 3 atom stereocenters. The molecule has 2 saturated heterocycles. The van der Waals surface area contributed by atoms with Crippen LogP contribution < -0.4 is 15.8 Å². The molecule has 1 saturated carbocycles. The van der Waals surface area contributed by atoms with E-state index in [1.54, 1.807) is 12.0 Å². The van der Waals surface area contributed by atoms with Crippen molar-refractivity contribution in [1.29, 1.82) is 0 Å². The molecule has 5 rings (SSSR count). The Kier molecular flexibility index (Phi) is 6.58. The first-order valence-electron chi connectivity index (χ1n) is 12.1. The van der Waals surface area contributed by atoms with E-state index in [1.165, 1.54) is 18.4 Å². The fourth-order valence-electron chi connectivity index (χ4n) is 4.98. The lowest BCUT2D eigenvalue weighted by atomic mass is 10.2. The van der Waals surface area contributed by atoms with Crippen molar-refractivity contribution in [2.45, 2.75) is 62.8 Å². The summed E-state index contributed by atoms with van der Waals surface area (Å²) in [5.41, 5.74) is -1.87. The first-order chi connectivity index (χ1) is 17.2. The number of aromatic amines is 1. The second kappa shape index (κ2) is 9.68. The molecule has 0 aromatic carbocycles. The molecule has 0 radical (unpaired) electrons. The van der Waals surface area contributed by atoms with Gasteiger partial charge in [0, 0.05) is 31.5 Å². The number of H-pyrrole nitrogens is 1. The second-order valence-corrected chi connectivity index (χ2v) is 9.69. The molecule has 3 aliphatic rings. The van der Waals surface area contributed by atoms with E-state index in [0.29, 0.717) is 25.0 Å². The number of aromatic nitrogens is 4. The Balaban J connectivity index is 1.05. The van der Waals surface area contributed by atoms with Crippen LogP contribution in [0.15, 0.2) is 23.4 Å². The third-order valence-corrected chi connectivity index (χ3v) is 6.89. The van der Waals surface area contributed by atoms with Crippen molar-refractivity contribution in [3.8, 4) is 0 Å². The van der Waals surface area contributed by atoms with E-state index >= 15 is 0 Å². The molecule has 36 heavy (non-hydrogen) atoms. The van der Waals surface area contributed by atoms with Gasteiger partial charge in [0.1, 0.15) is 5.56 Å². The number of alkyl halides is 3. The number of likely N-dealkylation sites (tertiary alicyclic amines) is 1. The van der Waals surface area contributed by atoms with E-state index in [0.717, 1.165) is 12.6 Å². The molecule has 2 aliphatic heterocycles. The predicted octanol–water partition coefficient (Wildman–Crippen LogP) is 2.15. The number of fused-ring (bicyclic) bond motifs is 2. The summed E-state index contributed by atoms with van der Waals surface area (Å²) in [5.74, 6) is 1.32. The highest BCUT2D eigenvalue weighted by Crippen LogP contribution is 2.40. The van der Waals surface area contributed by atoms with E-state index in [4.69, 9.17) is 4.74 Å². The Morgan fingerprint density at radius 1 is 1.22 bits per heavy atom. The van der Waals surface area contributed by atoms with Gasteiger partial charge in [-0.15, -0.1) is 0 Å². The molecular weight excluding hydrogens is 479 g/mol. The van der Waals surface area contributed by atoms with E-state index in [-0.39, 0.29) is 37.6 Å². The van der Waals surface area contributed by atoms with Crippen LogP contribution in [0.2, 0.25) is 0 Å². The van der Waals surface area contributed by atoms with Crippen molar-refractivity contribution in [1.82, 2.24) is 25.1 Å². The lowest BCUT2D eigenvalue weighted by Gasteiger charge is -2.34. The van der Waals surface area contributed by atoms with Gasteiger partial charge >= 0.3 is 6.18 Å². The lowest BCUT2D eigenvalue weighted by Crippen LogP contribution is -2.49. The summed E-state index contributed by atoms with van der Waals surface area (Å²) in [7, 11) is 0. The van der Waals surface area contributed by atoms with Crippen molar-refractivity contribution < 1.29 is 22.7 Å². The quantitative estimate of drug-likeness (QED) is 0.496. The Hall–Kier alpha value is -3.22. The SMILES string of the molecule is C[C@@H](COCCC(=O)N1CC2CC1CN2c1ncc(C2CC2)cn1)Nc1cn[nH]c(=O)c1C(F)(F)F. The summed E-state index contributed by atoms with van der Waals surface area (Å²) >= 11 is 0. The number of piperazine rings is 1. The van der Waals surface area contributed by atoms with Gasteiger partial charge in [0.15, 0.2) is 0 Å². The molecule has 1 aliphatic carbocycles. The van der Waals surface area contributed by atoms with Crippen LogP contribution in [0, 0.1) is 0 Å². The standard InChI is InChI=1S/C23H28F3N7O3/c1-13(30-18-9-29-31-21(35)20(18)23(24,25)26)12-36-5-4-19(34)32-10-17-6-16(32)11-33(17)22-27-7-15(8-28-22)14-2-3-14/h7-9,13-14,16-17H,2-6,10-12H2,1H3,(H2,30,31,35)/t13-,16?,17?/m0/s1. The Bertz CT molecular complexity index is 1150. The summed E-state index contributed by atoms with van der Waals surface area (Å²) in [5, 5.41) is 7.84. The number of nitrogens with one attached hydrogen (secondary N) is 2. The summed E-state index contributed by atoms with van der Waals surface area (Å²) in [6.45, 7) is 3.15. The largest absolute Gasteiger partial charge is 0.423 e. The van der Waals surface area contributed by atoms with Gasteiger partial charge in [-0.1, -0.05) is 0 Å². The number of hydrogen-bond donors (Lipinski definition) is 2. The molecule has 2 N–H and O–H groups in total. The van der Waals surface area contributed by atoms with Crippen LogP contribution in [0.5, 0.6) is 0 Å². The highest BCUT2D eigenvalue weighted by atomic mass is 19.4. The molecule has 4 heterocycles. The van der Waals surface area contributed by atoms with Crippen molar-refractivity contribution in [3.63, 3.8) is 0 Å². The third kappa shape index (κ3) is 5.15. The van der Waals surface area contributed by atoms with Crippen LogP contribution in [0.3, 0.4) is 0 Å². The van der Waals surface area contributed by atoms with Gasteiger partial charge in [0.25, 0.3) is 5.56 Å². The summed E-state index contributed by atoms with van der Waals surface area (Å²) in [6, 6.07) is -0.229. The first kappa shape index (κ1) is 24.5. The topological polar surface area (TPSA) is 116 Å². The fourth-order valence-corrected chi connectivity index (χ4v) is 4.98. The minimum absolute atomic E-state index is 0.00841. The number of ether oxygens (including phenoxy) is 1. The third-order valence-electron chi connectivity index (χ3n) is 6.89. The van der Waals surface area contributed by atoms with E-state index in [1.807, 2.05) is 17.3 Å². The summed E-state index contributed by atoms with van der Waals surface area (Å²) in [6.07, 6.45) is 3.41. The normalized spacial score (nSPS) is 22.2. The first-order valence-corrected chi connectivity index (χ1v) is 12.1. The van der Waals surface area contributed by atoms with Crippen molar-refractivity contribution in [3.05, 3.63) is 40.1 Å². The van der Waals surface area contributed by atoms with Gasteiger partial charge < -0.3 is 19.9 Å². The summed E-state index contributed by atoms with van der Waals surface area (Å²) < 4.78 is 45.0. The molecule has 2 aromatic heterocycles. The number of rotatable bonds is 9. The zero-order valence-corrected chi connectivity index (χ0v) is 19.8. The van der Waals surface area contributed by atoms with E-state index in [2.05, 4.69) is 25.3 Å². The molecule has 2 unspecified atom stereocenters. The van der Waals surface area contributed by atoms with Gasteiger partial charge in [-0.25, -0.2) is 15.1 Å². The number of halogens is 3. The molecule has 2 aromatic rings. The Labute approximate surface area is 205 Å². The molecule has 0 spiro atoms. The highest BCUT2D eigenvalue weighted by Gasteiger charge is 2.46. The van der Waals surface area contributed by atoms with E-state index in [9.17, 15) is 22.8 Å². The number of anilines is 2. The van der Waals surface area contributed by atoms with Crippen molar-refractivity contribution in [2.75, 3.05) is 36.5 Å². The van der Waals surface area contributed by atoms with Gasteiger partial charge in [-0.2, -0.15) is 18.3 Å². The molecule has 2 bridgehead atoms. The Morgan fingerprint density at radius 3 is 2.61 bits per heavy atom. The maximum absolute atomic E-state index is 13.2. The number of carbonyl (C=O) groups is 1. The maximum Gasteiger partial charge on any atom is 0.423 e. The monoisotopic (exact) mass is 507 g/mol. The predicted molar refractivity (Wildman–Crippen MR) is 124 cm³/mol. The zero-order valence-electron chi connectivity index (χ0n) is 19.8. The minimum atomic E-state index is -4.82. The minimum Gasteiger partial charge on any atom is -0.379 e. The summed E-state index contributed by atoms with van der Waals surface area (Å²) in [4.78, 5) is 37.4. The highest BCUT2D eigenvalue weighted by molar-refractivity contribution is 5.77. The van der Waals surface area contributed by atoms with E-state index < -0.39 is 29.0 Å². The van der Waals surface area contributed by atoms with Crippen molar-refractivity contribution >= 4 is 17.5 Å².